The van der Waals surface area contributed by atoms with Crippen molar-refractivity contribution in [1.29, 1.82) is 0 Å². The molecule has 25 heavy (non-hydrogen) atoms. The van der Waals surface area contributed by atoms with Crippen LogP contribution in [0.15, 0.2) is 24.3 Å². The lowest BCUT2D eigenvalue weighted by molar-refractivity contribution is -0.919. The Kier molecular flexibility index (Phi) is 7.29. The van der Waals surface area contributed by atoms with E-state index in [9.17, 15) is 4.79 Å². The number of carbonyl (C=O) groups is 1. The average molecular weight is 368 g/mol. The van der Waals surface area contributed by atoms with Gasteiger partial charge in [-0.3, -0.25) is 4.79 Å². The molecule has 4 nitrogen and oxygen atoms in total. The first kappa shape index (κ1) is 20.2. The molecule has 1 aromatic carbocycles. The molecule has 0 bridgehead atoms. The van der Waals surface area contributed by atoms with Crippen molar-refractivity contribution in [3.63, 3.8) is 0 Å². The number of carbonyl (C=O) groups excluding carboxylic acids is 1. The maximum absolute atomic E-state index is 12.5. The molecule has 5 heteroatoms. The van der Waals surface area contributed by atoms with E-state index in [4.69, 9.17) is 11.6 Å². The fourth-order valence-electron chi connectivity index (χ4n) is 3.87. The highest BCUT2D eigenvalue weighted by Gasteiger charge is 2.29. The molecule has 0 atom stereocenters. The second-order valence-electron chi connectivity index (χ2n) is 8.56. The summed E-state index contributed by atoms with van der Waals surface area (Å²) in [6.45, 7) is 9.26. The fraction of sp³-hybridized carbons (Fsp3) is 0.650. The summed E-state index contributed by atoms with van der Waals surface area (Å²) in [6, 6.07) is 8.06. The van der Waals surface area contributed by atoms with Crippen molar-refractivity contribution in [3.05, 3.63) is 34.9 Å². The molecule has 2 rings (SSSR count). The molecule has 0 spiro atoms. The molecule has 1 amide bonds. The first-order valence-corrected chi connectivity index (χ1v) is 9.78. The highest BCUT2D eigenvalue weighted by Crippen LogP contribution is 2.16. The van der Waals surface area contributed by atoms with Gasteiger partial charge in [0.1, 0.15) is 6.54 Å². The standard InChI is InChI=1S/C20H32ClN3O/c1-20(2,15-23(3)4)14-22-19(25)16-9-11-24(12-10-16)13-17-7-5-6-8-18(17)21/h5-8,16H,9-15H2,1-4H3,(H,22,25)/p+2. The van der Waals surface area contributed by atoms with E-state index in [1.54, 1.807) is 0 Å². The third-order valence-electron chi connectivity index (χ3n) is 5.04. The quantitative estimate of drug-likeness (QED) is 0.642. The van der Waals surface area contributed by atoms with Crippen molar-refractivity contribution < 1.29 is 14.6 Å². The van der Waals surface area contributed by atoms with Crippen LogP contribution >= 0.6 is 11.6 Å². The summed E-state index contributed by atoms with van der Waals surface area (Å²) in [7, 11) is 4.31. The Morgan fingerprint density at radius 2 is 1.92 bits per heavy atom. The highest BCUT2D eigenvalue weighted by molar-refractivity contribution is 6.31. The van der Waals surface area contributed by atoms with Crippen LogP contribution < -0.4 is 15.1 Å². The normalized spacial score (nSPS) is 21.4. The number of halogens is 1. The van der Waals surface area contributed by atoms with E-state index in [1.807, 2.05) is 18.2 Å². The van der Waals surface area contributed by atoms with E-state index in [1.165, 1.54) is 15.4 Å². The zero-order valence-electron chi connectivity index (χ0n) is 16.1. The fourth-order valence-corrected chi connectivity index (χ4v) is 4.07. The van der Waals surface area contributed by atoms with Gasteiger partial charge in [0, 0.05) is 41.3 Å². The summed E-state index contributed by atoms with van der Waals surface area (Å²) in [5.74, 6) is 0.399. The van der Waals surface area contributed by atoms with Gasteiger partial charge < -0.3 is 15.1 Å². The van der Waals surface area contributed by atoms with Gasteiger partial charge in [-0.25, -0.2) is 0 Å². The molecule has 1 aliphatic rings. The Balaban J connectivity index is 1.76. The molecule has 0 unspecified atom stereocenters. The van der Waals surface area contributed by atoms with Gasteiger partial charge >= 0.3 is 0 Å². The number of hydrogen-bond donors (Lipinski definition) is 3. The van der Waals surface area contributed by atoms with Crippen molar-refractivity contribution in [2.24, 2.45) is 11.3 Å². The summed E-state index contributed by atoms with van der Waals surface area (Å²) >= 11 is 6.26. The topological polar surface area (TPSA) is 38.0 Å². The summed E-state index contributed by atoms with van der Waals surface area (Å²) in [5, 5.41) is 4.04. The van der Waals surface area contributed by atoms with Gasteiger partial charge in [-0.05, 0) is 6.07 Å². The summed E-state index contributed by atoms with van der Waals surface area (Å²) < 4.78 is 0. The number of hydrogen-bond acceptors (Lipinski definition) is 1. The van der Waals surface area contributed by atoms with Crippen LogP contribution in [0.3, 0.4) is 0 Å². The molecule has 1 heterocycles. The van der Waals surface area contributed by atoms with E-state index < -0.39 is 0 Å². The van der Waals surface area contributed by atoms with Crippen LogP contribution in [0.25, 0.3) is 0 Å². The Morgan fingerprint density at radius 1 is 1.28 bits per heavy atom. The molecule has 1 fully saturated rings. The smallest absolute Gasteiger partial charge is 0.223 e. The first-order valence-electron chi connectivity index (χ1n) is 9.40. The van der Waals surface area contributed by atoms with Gasteiger partial charge in [0.15, 0.2) is 0 Å². The zero-order valence-corrected chi connectivity index (χ0v) is 16.9. The van der Waals surface area contributed by atoms with Gasteiger partial charge in [0.25, 0.3) is 0 Å². The van der Waals surface area contributed by atoms with Crippen LogP contribution in [0.4, 0.5) is 0 Å². The largest absolute Gasteiger partial charge is 0.355 e. The second-order valence-corrected chi connectivity index (χ2v) is 8.97. The minimum Gasteiger partial charge on any atom is -0.355 e. The second kappa shape index (κ2) is 9.02. The van der Waals surface area contributed by atoms with Crippen LogP contribution in [0.1, 0.15) is 32.3 Å². The molecule has 3 N–H and O–H groups in total. The molecule has 1 aromatic rings. The van der Waals surface area contributed by atoms with Gasteiger partial charge in [0.2, 0.25) is 5.91 Å². The molecular weight excluding hydrogens is 334 g/mol. The number of quaternary nitrogens is 2. The summed E-state index contributed by atoms with van der Waals surface area (Å²) in [4.78, 5) is 15.4. The molecule has 0 aliphatic carbocycles. The molecular formula is C20H34ClN3O+2. The minimum atomic E-state index is 0.129. The molecule has 0 radical (unpaired) electrons. The van der Waals surface area contributed by atoms with Crippen molar-refractivity contribution in [3.8, 4) is 0 Å². The Morgan fingerprint density at radius 3 is 2.52 bits per heavy atom. The van der Waals surface area contributed by atoms with Crippen LogP contribution in [-0.2, 0) is 11.3 Å². The number of piperidine rings is 1. The maximum atomic E-state index is 12.5. The molecule has 140 valence electrons. The SMILES string of the molecule is C[NH+](C)CC(C)(C)CNC(=O)C1CC[NH+](Cc2ccccc2Cl)CC1. The van der Waals surface area contributed by atoms with Crippen molar-refractivity contribution in [2.45, 2.75) is 33.2 Å². The van der Waals surface area contributed by atoms with E-state index >= 15 is 0 Å². The Hall–Kier alpha value is -1.10. The summed E-state index contributed by atoms with van der Waals surface area (Å²) in [5.41, 5.74) is 1.33. The number of amides is 1. The average Bonchev–Trinajstić information content (AvgIpc) is 2.54. The van der Waals surface area contributed by atoms with Gasteiger partial charge in [0.05, 0.1) is 33.7 Å². The molecule has 1 aliphatic heterocycles. The van der Waals surface area contributed by atoms with E-state index in [2.05, 4.69) is 39.3 Å². The van der Waals surface area contributed by atoms with Gasteiger partial charge in [-0.15, -0.1) is 0 Å². The van der Waals surface area contributed by atoms with E-state index in [0.717, 1.165) is 50.6 Å². The van der Waals surface area contributed by atoms with Crippen molar-refractivity contribution in [1.82, 2.24) is 5.32 Å². The van der Waals surface area contributed by atoms with Gasteiger partial charge in [-0.1, -0.05) is 43.6 Å². The lowest BCUT2D eigenvalue weighted by Crippen LogP contribution is -3.11. The number of likely N-dealkylation sites (tertiary alicyclic amines) is 1. The lowest BCUT2D eigenvalue weighted by Gasteiger charge is -2.30. The van der Waals surface area contributed by atoms with E-state index in [0.29, 0.717) is 0 Å². The van der Waals surface area contributed by atoms with Crippen LogP contribution in [0, 0.1) is 11.3 Å². The molecule has 0 saturated carbocycles. The maximum Gasteiger partial charge on any atom is 0.223 e. The number of rotatable bonds is 7. The highest BCUT2D eigenvalue weighted by atomic mass is 35.5. The summed E-state index contributed by atoms with van der Waals surface area (Å²) in [6.07, 6.45) is 1.93. The number of nitrogens with one attached hydrogen (secondary N) is 3. The minimum absolute atomic E-state index is 0.129. The third kappa shape index (κ3) is 6.61. The van der Waals surface area contributed by atoms with Gasteiger partial charge in [-0.2, -0.15) is 0 Å². The predicted octanol–water partition coefficient (Wildman–Crippen LogP) is 0.422. The molecule has 1 saturated heterocycles. The Labute approximate surface area is 157 Å². The third-order valence-corrected chi connectivity index (χ3v) is 5.40. The van der Waals surface area contributed by atoms with Crippen LogP contribution in [0.5, 0.6) is 0 Å². The number of benzene rings is 1. The lowest BCUT2D eigenvalue weighted by atomic mass is 9.91. The van der Waals surface area contributed by atoms with Crippen LogP contribution in [-0.4, -0.2) is 46.2 Å². The predicted molar refractivity (Wildman–Crippen MR) is 103 cm³/mol. The zero-order chi connectivity index (χ0) is 18.4. The van der Waals surface area contributed by atoms with Crippen LogP contribution in [0.2, 0.25) is 5.02 Å². The first-order chi connectivity index (χ1) is 11.8. The van der Waals surface area contributed by atoms with Crippen molar-refractivity contribution in [2.75, 3.05) is 40.3 Å². The Bertz CT molecular complexity index is 566. The molecule has 0 aromatic heterocycles. The van der Waals surface area contributed by atoms with Crippen molar-refractivity contribution >= 4 is 17.5 Å². The van der Waals surface area contributed by atoms with E-state index in [-0.39, 0.29) is 17.2 Å². The monoisotopic (exact) mass is 367 g/mol.